The molecule has 2 heterocycles. The zero-order valence-electron chi connectivity index (χ0n) is 10.2. The van der Waals surface area contributed by atoms with Crippen LogP contribution in [0, 0.1) is 5.82 Å². The Balaban J connectivity index is 2.21. The highest BCUT2D eigenvalue weighted by atomic mass is 79.9. The van der Waals surface area contributed by atoms with Gasteiger partial charge >= 0.3 is 0 Å². The average Bonchev–Trinajstić information content (AvgIpc) is 2.75. The lowest BCUT2D eigenvalue weighted by Gasteiger charge is -2.18. The summed E-state index contributed by atoms with van der Waals surface area (Å²) in [5, 5.41) is 0. The number of thiophene rings is 1. The quantitative estimate of drug-likeness (QED) is 0.857. The van der Waals surface area contributed by atoms with E-state index in [1.165, 1.54) is 6.33 Å². The van der Waals surface area contributed by atoms with Crippen LogP contribution in [0.2, 0.25) is 0 Å². The van der Waals surface area contributed by atoms with Crippen molar-refractivity contribution < 1.29 is 4.39 Å². The molecule has 0 radical (unpaired) electrons. The first-order valence-corrected chi connectivity index (χ1v) is 7.17. The van der Waals surface area contributed by atoms with Crippen LogP contribution in [0.25, 0.3) is 0 Å². The molecular weight excluding hydrogens is 317 g/mol. The maximum Gasteiger partial charge on any atom is 0.187 e. The number of rotatable bonds is 4. The van der Waals surface area contributed by atoms with Crippen LogP contribution in [-0.2, 0) is 13.0 Å². The van der Waals surface area contributed by atoms with Gasteiger partial charge in [-0.05, 0) is 34.5 Å². The molecule has 2 aromatic rings. The van der Waals surface area contributed by atoms with Crippen molar-refractivity contribution in [2.75, 3.05) is 11.9 Å². The molecule has 0 aliphatic carbocycles. The second-order valence-corrected chi connectivity index (χ2v) is 6.42. The Morgan fingerprint density at radius 2 is 2.17 bits per heavy atom. The molecule has 2 rings (SSSR count). The van der Waals surface area contributed by atoms with Crippen molar-refractivity contribution >= 4 is 33.1 Å². The van der Waals surface area contributed by atoms with Gasteiger partial charge in [0.2, 0.25) is 0 Å². The number of hydrogen-bond acceptors (Lipinski definition) is 4. The monoisotopic (exact) mass is 329 g/mol. The van der Waals surface area contributed by atoms with Crippen LogP contribution < -0.4 is 4.90 Å². The molecular formula is C12H13BrFN3S. The second kappa shape index (κ2) is 5.75. The van der Waals surface area contributed by atoms with Gasteiger partial charge in [0.1, 0.15) is 6.33 Å². The Morgan fingerprint density at radius 1 is 1.39 bits per heavy atom. The minimum absolute atomic E-state index is 0.321. The van der Waals surface area contributed by atoms with Gasteiger partial charge in [-0.25, -0.2) is 14.4 Å². The van der Waals surface area contributed by atoms with Gasteiger partial charge < -0.3 is 4.90 Å². The van der Waals surface area contributed by atoms with Crippen molar-refractivity contribution in [2.24, 2.45) is 0 Å². The van der Waals surface area contributed by atoms with Crippen molar-refractivity contribution in [3.05, 3.63) is 38.6 Å². The fourth-order valence-electron chi connectivity index (χ4n) is 1.65. The summed E-state index contributed by atoms with van der Waals surface area (Å²) in [4.78, 5) is 10.9. The van der Waals surface area contributed by atoms with E-state index in [1.54, 1.807) is 16.2 Å². The van der Waals surface area contributed by atoms with Crippen LogP contribution in [0.1, 0.15) is 17.5 Å². The number of halogens is 2. The molecule has 0 aromatic carbocycles. The molecule has 0 atom stereocenters. The maximum atomic E-state index is 14.1. The predicted octanol–water partition coefficient (Wildman–Crippen LogP) is 3.64. The van der Waals surface area contributed by atoms with E-state index in [0.29, 0.717) is 24.5 Å². The molecule has 0 aliphatic rings. The van der Waals surface area contributed by atoms with E-state index in [9.17, 15) is 4.39 Å². The van der Waals surface area contributed by atoms with Crippen LogP contribution >= 0.6 is 27.3 Å². The number of anilines is 1. The number of hydrogen-bond donors (Lipinski definition) is 0. The summed E-state index contributed by atoms with van der Waals surface area (Å²) >= 11 is 5.05. The Bertz CT molecular complexity index is 544. The average molecular weight is 330 g/mol. The van der Waals surface area contributed by atoms with E-state index in [0.717, 1.165) is 8.66 Å². The molecule has 2 aromatic heterocycles. The summed E-state index contributed by atoms with van der Waals surface area (Å²) in [5.74, 6) is 0.0319. The normalized spacial score (nSPS) is 10.7. The van der Waals surface area contributed by atoms with E-state index in [-0.39, 0.29) is 5.82 Å². The van der Waals surface area contributed by atoms with Crippen molar-refractivity contribution in [3.63, 3.8) is 0 Å². The zero-order chi connectivity index (χ0) is 13.1. The van der Waals surface area contributed by atoms with Gasteiger partial charge in [0.05, 0.1) is 16.0 Å². The third-order valence-corrected chi connectivity index (χ3v) is 4.17. The van der Waals surface area contributed by atoms with Gasteiger partial charge in [-0.3, -0.25) is 0 Å². The molecule has 18 heavy (non-hydrogen) atoms. The third kappa shape index (κ3) is 2.87. The van der Waals surface area contributed by atoms with Crippen LogP contribution in [0.5, 0.6) is 0 Å². The minimum atomic E-state index is -0.321. The largest absolute Gasteiger partial charge is 0.352 e. The molecule has 0 spiro atoms. The highest BCUT2D eigenvalue weighted by Gasteiger charge is 2.14. The smallest absolute Gasteiger partial charge is 0.187 e. The molecule has 0 aliphatic heterocycles. The van der Waals surface area contributed by atoms with E-state index in [2.05, 4.69) is 25.9 Å². The first-order valence-electron chi connectivity index (χ1n) is 5.56. The Morgan fingerprint density at radius 3 is 2.78 bits per heavy atom. The summed E-state index contributed by atoms with van der Waals surface area (Å²) in [6.07, 6.45) is 1.98. The molecule has 3 nitrogen and oxygen atoms in total. The predicted molar refractivity (Wildman–Crippen MR) is 75.5 cm³/mol. The Kier molecular flexibility index (Phi) is 4.29. The molecule has 0 saturated carbocycles. The van der Waals surface area contributed by atoms with Gasteiger partial charge in [-0.1, -0.05) is 6.92 Å². The summed E-state index contributed by atoms with van der Waals surface area (Å²) in [5.41, 5.74) is 0.458. The molecule has 0 bridgehead atoms. The Labute approximate surface area is 118 Å². The summed E-state index contributed by atoms with van der Waals surface area (Å²) in [7, 11) is 1.83. The van der Waals surface area contributed by atoms with Crippen LogP contribution in [0.15, 0.2) is 22.2 Å². The van der Waals surface area contributed by atoms with Crippen molar-refractivity contribution in [3.8, 4) is 0 Å². The lowest BCUT2D eigenvalue weighted by Crippen LogP contribution is -2.19. The molecule has 0 fully saturated rings. The number of aromatic nitrogens is 2. The molecule has 96 valence electrons. The van der Waals surface area contributed by atoms with Gasteiger partial charge in [0, 0.05) is 11.9 Å². The van der Waals surface area contributed by atoms with E-state index >= 15 is 0 Å². The van der Waals surface area contributed by atoms with Crippen LogP contribution in [0.4, 0.5) is 10.2 Å². The van der Waals surface area contributed by atoms with Gasteiger partial charge in [-0.15, -0.1) is 11.3 Å². The van der Waals surface area contributed by atoms with E-state index in [4.69, 9.17) is 0 Å². The van der Waals surface area contributed by atoms with E-state index < -0.39 is 0 Å². The molecule has 6 heteroatoms. The standard InChI is InChI=1S/C12H13BrFN3S/c1-3-9-11(14)12(16-7-15-9)17(2)6-8-4-5-10(13)18-8/h4-5,7H,3,6H2,1-2H3. The minimum Gasteiger partial charge on any atom is -0.352 e. The van der Waals surface area contributed by atoms with Crippen molar-refractivity contribution in [2.45, 2.75) is 19.9 Å². The fourth-order valence-corrected chi connectivity index (χ4v) is 3.19. The zero-order valence-corrected chi connectivity index (χ0v) is 12.6. The molecule has 0 amide bonds. The number of aryl methyl sites for hydroxylation is 1. The highest BCUT2D eigenvalue weighted by molar-refractivity contribution is 9.11. The van der Waals surface area contributed by atoms with Gasteiger partial charge in [0.25, 0.3) is 0 Å². The SMILES string of the molecule is CCc1ncnc(N(C)Cc2ccc(Br)s2)c1F. The molecule has 0 unspecified atom stereocenters. The third-order valence-electron chi connectivity index (χ3n) is 2.56. The van der Waals surface area contributed by atoms with E-state index in [1.807, 2.05) is 26.1 Å². The fraction of sp³-hybridized carbons (Fsp3) is 0.333. The summed E-state index contributed by atoms with van der Waals surface area (Å²) in [6, 6.07) is 4.01. The van der Waals surface area contributed by atoms with Gasteiger partial charge in [0.15, 0.2) is 11.6 Å². The Hall–Kier alpha value is -1.01. The summed E-state index contributed by atoms with van der Waals surface area (Å²) in [6.45, 7) is 2.51. The molecule has 0 saturated heterocycles. The maximum absolute atomic E-state index is 14.1. The van der Waals surface area contributed by atoms with Crippen LogP contribution in [0.3, 0.4) is 0 Å². The topological polar surface area (TPSA) is 29.0 Å². The first kappa shape index (κ1) is 13.4. The highest BCUT2D eigenvalue weighted by Crippen LogP contribution is 2.25. The lowest BCUT2D eigenvalue weighted by molar-refractivity contribution is 0.588. The van der Waals surface area contributed by atoms with Crippen LogP contribution in [-0.4, -0.2) is 17.0 Å². The molecule has 0 N–H and O–H groups in total. The lowest BCUT2D eigenvalue weighted by atomic mass is 10.3. The van der Waals surface area contributed by atoms with Gasteiger partial charge in [-0.2, -0.15) is 0 Å². The van der Waals surface area contributed by atoms with Crippen molar-refractivity contribution in [1.82, 2.24) is 9.97 Å². The number of nitrogens with zero attached hydrogens (tertiary/aromatic N) is 3. The van der Waals surface area contributed by atoms with Crippen molar-refractivity contribution in [1.29, 1.82) is 0 Å². The first-order chi connectivity index (χ1) is 8.61. The summed E-state index contributed by atoms with van der Waals surface area (Å²) < 4.78 is 15.1. The second-order valence-electron chi connectivity index (χ2n) is 3.87.